The molecule has 23 heavy (non-hydrogen) atoms. The molecule has 0 radical (unpaired) electrons. The van der Waals surface area contributed by atoms with Crippen molar-refractivity contribution in [1.29, 1.82) is 5.26 Å². The smallest absolute Gasteiger partial charge is 0.186 e. The monoisotopic (exact) mass is 304 g/mol. The van der Waals surface area contributed by atoms with Gasteiger partial charge in [0.25, 0.3) is 0 Å². The van der Waals surface area contributed by atoms with E-state index in [-0.39, 0.29) is 0 Å². The van der Waals surface area contributed by atoms with Crippen molar-refractivity contribution in [3.63, 3.8) is 0 Å². The van der Waals surface area contributed by atoms with E-state index in [1.165, 1.54) is 0 Å². The topological polar surface area (TPSA) is 63.7 Å². The first-order valence-electron chi connectivity index (χ1n) is 7.43. The van der Waals surface area contributed by atoms with Gasteiger partial charge in [0.1, 0.15) is 18.4 Å². The lowest BCUT2D eigenvalue weighted by molar-refractivity contribution is 0.306. The van der Waals surface area contributed by atoms with Crippen LogP contribution in [-0.2, 0) is 13.0 Å². The molecular weight excluding hydrogens is 288 g/mol. The van der Waals surface area contributed by atoms with Gasteiger partial charge in [-0.25, -0.2) is 4.68 Å². The summed E-state index contributed by atoms with van der Waals surface area (Å²) in [5.74, 6) is 0.788. The normalized spacial score (nSPS) is 10.3. The van der Waals surface area contributed by atoms with E-state index in [9.17, 15) is 0 Å². The fourth-order valence-corrected chi connectivity index (χ4v) is 2.34. The third kappa shape index (κ3) is 3.22. The Morgan fingerprint density at radius 1 is 1.09 bits per heavy atom. The number of ether oxygens (including phenoxy) is 1. The van der Waals surface area contributed by atoms with E-state index in [1.54, 1.807) is 4.68 Å². The van der Waals surface area contributed by atoms with Crippen molar-refractivity contribution in [3.8, 4) is 17.5 Å². The number of hydrogen-bond acceptors (Lipinski definition) is 4. The molecule has 0 bridgehead atoms. The van der Waals surface area contributed by atoms with E-state index in [1.807, 2.05) is 61.5 Å². The minimum absolute atomic E-state index is 0.372. The lowest BCUT2D eigenvalue weighted by Crippen LogP contribution is -2.02. The second kappa shape index (κ2) is 6.75. The van der Waals surface area contributed by atoms with Gasteiger partial charge in [-0.3, -0.25) is 0 Å². The van der Waals surface area contributed by atoms with Crippen LogP contribution in [0.4, 0.5) is 0 Å². The van der Waals surface area contributed by atoms with E-state index in [2.05, 4.69) is 16.4 Å². The fourth-order valence-electron chi connectivity index (χ4n) is 2.34. The zero-order valence-electron chi connectivity index (χ0n) is 12.8. The molecule has 0 amide bonds. The van der Waals surface area contributed by atoms with Crippen molar-refractivity contribution in [2.24, 2.45) is 0 Å². The summed E-state index contributed by atoms with van der Waals surface area (Å²) in [6.07, 6.45) is 0.697. The lowest BCUT2D eigenvalue weighted by atomic mass is 10.2. The highest BCUT2D eigenvalue weighted by molar-refractivity contribution is 5.40. The third-order valence-corrected chi connectivity index (χ3v) is 3.53. The molecule has 0 N–H and O–H groups in total. The summed E-state index contributed by atoms with van der Waals surface area (Å²) in [7, 11) is 0. The Morgan fingerprint density at radius 2 is 1.83 bits per heavy atom. The van der Waals surface area contributed by atoms with Crippen LogP contribution in [0.3, 0.4) is 0 Å². The molecule has 0 spiro atoms. The van der Waals surface area contributed by atoms with Crippen LogP contribution in [0, 0.1) is 11.3 Å². The van der Waals surface area contributed by atoms with E-state index < -0.39 is 0 Å². The maximum atomic E-state index is 9.05. The van der Waals surface area contributed by atoms with E-state index >= 15 is 0 Å². The van der Waals surface area contributed by atoms with Crippen LogP contribution < -0.4 is 4.74 Å². The van der Waals surface area contributed by atoms with Crippen LogP contribution in [0.5, 0.6) is 5.75 Å². The molecule has 3 aromatic rings. The Labute approximate surface area is 134 Å². The second-order valence-electron chi connectivity index (χ2n) is 5.03. The van der Waals surface area contributed by atoms with Crippen LogP contribution in [0.25, 0.3) is 5.69 Å². The zero-order valence-corrected chi connectivity index (χ0v) is 12.8. The molecule has 5 nitrogen and oxygen atoms in total. The molecular formula is C18H16N4O. The summed E-state index contributed by atoms with van der Waals surface area (Å²) in [6, 6.07) is 19.7. The molecule has 0 aliphatic carbocycles. The summed E-state index contributed by atoms with van der Waals surface area (Å²) in [5.41, 5.74) is 3.17. The average Bonchev–Trinajstić information content (AvgIpc) is 3.04. The summed E-state index contributed by atoms with van der Waals surface area (Å²) in [4.78, 5) is 0. The molecule has 0 fully saturated rings. The largest absolute Gasteiger partial charge is 0.489 e. The van der Waals surface area contributed by atoms with Gasteiger partial charge in [-0.2, -0.15) is 5.26 Å². The first kappa shape index (κ1) is 14.8. The molecule has 3 rings (SSSR count). The molecule has 0 saturated heterocycles. The van der Waals surface area contributed by atoms with Gasteiger partial charge in [-0.05, 0) is 36.2 Å². The highest BCUT2D eigenvalue weighted by Gasteiger charge is 2.11. The highest BCUT2D eigenvalue weighted by atomic mass is 16.5. The van der Waals surface area contributed by atoms with Crippen LogP contribution in [0.15, 0.2) is 54.6 Å². The van der Waals surface area contributed by atoms with Crippen LogP contribution >= 0.6 is 0 Å². The minimum atomic E-state index is 0.372. The molecule has 0 saturated carbocycles. The molecule has 1 aromatic heterocycles. The maximum Gasteiger partial charge on any atom is 0.186 e. The van der Waals surface area contributed by atoms with Gasteiger partial charge < -0.3 is 4.74 Å². The first-order chi connectivity index (χ1) is 11.3. The van der Waals surface area contributed by atoms with Crippen molar-refractivity contribution in [1.82, 2.24) is 15.0 Å². The molecule has 2 aromatic carbocycles. The average molecular weight is 304 g/mol. The van der Waals surface area contributed by atoms with Gasteiger partial charge in [0, 0.05) is 0 Å². The summed E-state index contributed by atoms with van der Waals surface area (Å²) >= 11 is 0. The maximum absolute atomic E-state index is 9.05. The molecule has 0 aliphatic heterocycles. The van der Waals surface area contributed by atoms with Gasteiger partial charge in [-0.15, -0.1) is 5.10 Å². The van der Waals surface area contributed by atoms with E-state index in [4.69, 9.17) is 10.00 Å². The minimum Gasteiger partial charge on any atom is -0.489 e. The van der Waals surface area contributed by atoms with E-state index in [0.29, 0.717) is 18.7 Å². The lowest BCUT2D eigenvalue weighted by Gasteiger charge is -2.08. The third-order valence-electron chi connectivity index (χ3n) is 3.53. The zero-order chi connectivity index (χ0) is 16.1. The molecule has 114 valence electrons. The highest BCUT2D eigenvalue weighted by Crippen LogP contribution is 2.18. The van der Waals surface area contributed by atoms with Crippen LogP contribution in [0.1, 0.15) is 23.9 Å². The Bertz CT molecular complexity index is 816. The predicted molar refractivity (Wildman–Crippen MR) is 86.2 cm³/mol. The predicted octanol–water partition coefficient (Wildman–Crippen LogP) is 3.28. The number of rotatable bonds is 5. The molecule has 5 heteroatoms. The number of nitrogens with zero attached hydrogens (tertiary/aromatic N) is 4. The Kier molecular flexibility index (Phi) is 4.34. The molecule has 0 unspecified atom stereocenters. The number of nitriles is 1. The van der Waals surface area contributed by atoms with Gasteiger partial charge >= 0.3 is 0 Å². The first-order valence-corrected chi connectivity index (χ1v) is 7.43. The fraction of sp³-hybridized carbons (Fsp3) is 0.167. The Hall–Kier alpha value is -3.13. The summed E-state index contributed by atoms with van der Waals surface area (Å²) in [5, 5.41) is 17.0. The van der Waals surface area contributed by atoms with Crippen molar-refractivity contribution in [2.45, 2.75) is 20.0 Å². The number of benzene rings is 2. The summed E-state index contributed by atoms with van der Waals surface area (Å²) < 4.78 is 7.46. The standard InChI is InChI=1S/C18H16N4O/c1-2-18-17(12-19)20-21-22(18)15-8-10-16(11-9-15)23-13-14-6-4-3-5-7-14/h3-11H,2,13H2,1H3. The second-order valence-corrected chi connectivity index (χ2v) is 5.03. The van der Waals surface area contributed by atoms with E-state index in [0.717, 1.165) is 22.7 Å². The number of aromatic nitrogens is 3. The van der Waals surface area contributed by atoms with Gasteiger partial charge in [0.2, 0.25) is 0 Å². The molecule has 1 heterocycles. The van der Waals surface area contributed by atoms with Crippen molar-refractivity contribution in [2.75, 3.05) is 0 Å². The Morgan fingerprint density at radius 3 is 2.48 bits per heavy atom. The van der Waals surface area contributed by atoms with Crippen LogP contribution in [0.2, 0.25) is 0 Å². The van der Waals surface area contributed by atoms with Crippen LogP contribution in [-0.4, -0.2) is 15.0 Å². The Balaban J connectivity index is 1.75. The quantitative estimate of drug-likeness (QED) is 0.725. The van der Waals surface area contributed by atoms with Gasteiger partial charge in [0.05, 0.1) is 11.4 Å². The van der Waals surface area contributed by atoms with Crippen molar-refractivity contribution in [3.05, 3.63) is 71.5 Å². The summed E-state index contributed by atoms with van der Waals surface area (Å²) in [6.45, 7) is 2.51. The molecule has 0 atom stereocenters. The number of hydrogen-bond donors (Lipinski definition) is 0. The van der Waals surface area contributed by atoms with Crippen molar-refractivity contribution < 1.29 is 4.74 Å². The van der Waals surface area contributed by atoms with Gasteiger partial charge in [0.15, 0.2) is 5.69 Å². The molecule has 0 aliphatic rings. The van der Waals surface area contributed by atoms with Gasteiger partial charge in [-0.1, -0.05) is 42.5 Å². The SMILES string of the molecule is CCc1c(C#N)nnn1-c1ccc(OCc2ccccc2)cc1. The van der Waals surface area contributed by atoms with Crippen molar-refractivity contribution >= 4 is 0 Å².